The molecule has 0 spiro atoms. The van der Waals surface area contributed by atoms with E-state index in [1.807, 2.05) is 6.07 Å². The maximum Gasteiger partial charge on any atom is 0.236 e. The second-order valence-electron chi connectivity index (χ2n) is 5.03. The van der Waals surface area contributed by atoms with E-state index in [1.54, 1.807) is 25.2 Å². The van der Waals surface area contributed by atoms with Crippen LogP contribution in [0.25, 0.3) is 0 Å². The number of likely N-dealkylation sites (N-methyl/N-ethyl adjacent to an activating group) is 2. The Labute approximate surface area is 122 Å². The first kappa shape index (κ1) is 16.4. The highest BCUT2D eigenvalue weighted by Crippen LogP contribution is 2.14. The summed E-state index contributed by atoms with van der Waals surface area (Å²) in [6.45, 7) is 7.11. The van der Waals surface area contributed by atoms with Gasteiger partial charge in [0.2, 0.25) is 5.91 Å². The maximum absolute atomic E-state index is 11.8. The van der Waals surface area contributed by atoms with E-state index in [9.17, 15) is 4.79 Å². The van der Waals surface area contributed by atoms with Gasteiger partial charge in [0.15, 0.2) is 0 Å². The summed E-state index contributed by atoms with van der Waals surface area (Å²) in [5.74, 6) is 1.05. The molecule has 0 aromatic carbocycles. The molecule has 0 aliphatic rings. The van der Waals surface area contributed by atoms with Crippen molar-refractivity contribution in [2.45, 2.75) is 26.8 Å². The topological polar surface area (TPSA) is 48.5 Å². The van der Waals surface area contributed by atoms with Crippen LogP contribution in [0, 0.1) is 0 Å². The fourth-order valence-corrected chi connectivity index (χ4v) is 1.82. The van der Waals surface area contributed by atoms with E-state index in [0.717, 1.165) is 37.4 Å². The van der Waals surface area contributed by atoms with Crippen molar-refractivity contribution in [3.63, 3.8) is 0 Å². The standard InChI is InChI=1S/C15H26N4O/c1-5-9-16-15-13(8-7-10-17-15)11-19(6-2)12-14(20)18(3)4/h7-8,10H,5-6,9,11-12H2,1-4H3,(H,16,17). The first-order valence-electron chi connectivity index (χ1n) is 7.18. The molecule has 112 valence electrons. The van der Waals surface area contributed by atoms with Crippen molar-refractivity contribution in [3.05, 3.63) is 23.9 Å². The van der Waals surface area contributed by atoms with E-state index in [1.165, 1.54) is 0 Å². The minimum absolute atomic E-state index is 0.124. The minimum atomic E-state index is 0.124. The van der Waals surface area contributed by atoms with Crippen LogP contribution in [0.1, 0.15) is 25.8 Å². The van der Waals surface area contributed by atoms with Crippen LogP contribution in [0.2, 0.25) is 0 Å². The van der Waals surface area contributed by atoms with Crippen molar-refractivity contribution in [1.82, 2.24) is 14.8 Å². The number of anilines is 1. The van der Waals surface area contributed by atoms with Crippen LogP contribution in [-0.4, -0.2) is 54.4 Å². The second-order valence-corrected chi connectivity index (χ2v) is 5.03. The number of nitrogens with one attached hydrogen (secondary N) is 1. The number of nitrogens with zero attached hydrogens (tertiary/aromatic N) is 3. The fraction of sp³-hybridized carbons (Fsp3) is 0.600. The molecule has 0 aliphatic heterocycles. The van der Waals surface area contributed by atoms with Gasteiger partial charge in [-0.05, 0) is 19.0 Å². The van der Waals surface area contributed by atoms with Gasteiger partial charge in [-0.15, -0.1) is 0 Å². The molecule has 5 heteroatoms. The number of hydrogen-bond acceptors (Lipinski definition) is 4. The molecule has 5 nitrogen and oxygen atoms in total. The van der Waals surface area contributed by atoms with Crippen LogP contribution in [0.3, 0.4) is 0 Å². The summed E-state index contributed by atoms with van der Waals surface area (Å²) in [5, 5.41) is 3.34. The molecule has 20 heavy (non-hydrogen) atoms. The van der Waals surface area contributed by atoms with Crippen molar-refractivity contribution in [1.29, 1.82) is 0 Å². The van der Waals surface area contributed by atoms with Crippen molar-refractivity contribution in [3.8, 4) is 0 Å². The van der Waals surface area contributed by atoms with E-state index in [0.29, 0.717) is 6.54 Å². The molecular weight excluding hydrogens is 252 g/mol. The summed E-state index contributed by atoms with van der Waals surface area (Å²) in [5.41, 5.74) is 1.13. The van der Waals surface area contributed by atoms with Crippen molar-refractivity contribution >= 4 is 11.7 Å². The van der Waals surface area contributed by atoms with E-state index >= 15 is 0 Å². The monoisotopic (exact) mass is 278 g/mol. The van der Waals surface area contributed by atoms with Gasteiger partial charge < -0.3 is 10.2 Å². The molecule has 0 radical (unpaired) electrons. The first-order chi connectivity index (χ1) is 9.58. The van der Waals surface area contributed by atoms with Crippen molar-refractivity contribution in [2.24, 2.45) is 0 Å². The molecule has 0 bridgehead atoms. The Bertz CT molecular complexity index is 420. The third kappa shape index (κ3) is 5.17. The summed E-state index contributed by atoms with van der Waals surface area (Å²) in [4.78, 5) is 19.9. The van der Waals surface area contributed by atoms with Gasteiger partial charge in [-0.1, -0.05) is 19.9 Å². The lowest BCUT2D eigenvalue weighted by atomic mass is 10.2. The van der Waals surface area contributed by atoms with Crippen LogP contribution < -0.4 is 5.32 Å². The summed E-state index contributed by atoms with van der Waals surface area (Å²) < 4.78 is 0. The average Bonchev–Trinajstić information content (AvgIpc) is 2.45. The predicted octanol–water partition coefficient (Wildman–Crippen LogP) is 1.81. The maximum atomic E-state index is 11.8. The molecule has 0 atom stereocenters. The van der Waals surface area contributed by atoms with Gasteiger partial charge in [0, 0.05) is 38.9 Å². The summed E-state index contributed by atoms with van der Waals surface area (Å²) in [6, 6.07) is 4.00. The Hall–Kier alpha value is -1.62. The first-order valence-corrected chi connectivity index (χ1v) is 7.18. The number of hydrogen-bond donors (Lipinski definition) is 1. The van der Waals surface area contributed by atoms with E-state index in [-0.39, 0.29) is 5.91 Å². The number of carbonyl (C=O) groups excluding carboxylic acids is 1. The quantitative estimate of drug-likeness (QED) is 0.788. The third-order valence-electron chi connectivity index (χ3n) is 3.13. The Morgan fingerprint density at radius 1 is 1.35 bits per heavy atom. The smallest absolute Gasteiger partial charge is 0.236 e. The Morgan fingerprint density at radius 3 is 2.70 bits per heavy atom. The molecule has 0 unspecified atom stereocenters. The summed E-state index contributed by atoms with van der Waals surface area (Å²) >= 11 is 0. The van der Waals surface area contributed by atoms with Crippen LogP contribution in [0.5, 0.6) is 0 Å². The van der Waals surface area contributed by atoms with Gasteiger partial charge in [0.25, 0.3) is 0 Å². The molecule has 1 aromatic rings. The largest absolute Gasteiger partial charge is 0.370 e. The second kappa shape index (κ2) is 8.53. The van der Waals surface area contributed by atoms with Crippen molar-refractivity contribution < 1.29 is 4.79 Å². The SMILES string of the molecule is CCCNc1ncccc1CN(CC)CC(=O)N(C)C. The highest BCUT2D eigenvalue weighted by atomic mass is 16.2. The van der Waals surface area contributed by atoms with E-state index < -0.39 is 0 Å². The lowest BCUT2D eigenvalue weighted by molar-refractivity contribution is -0.130. The van der Waals surface area contributed by atoms with Crippen LogP contribution in [0.4, 0.5) is 5.82 Å². The number of pyridine rings is 1. The molecule has 1 N–H and O–H groups in total. The van der Waals surface area contributed by atoms with Gasteiger partial charge in [-0.25, -0.2) is 4.98 Å². The van der Waals surface area contributed by atoms with Crippen LogP contribution in [-0.2, 0) is 11.3 Å². The van der Waals surface area contributed by atoms with Crippen LogP contribution >= 0.6 is 0 Å². The summed E-state index contributed by atoms with van der Waals surface area (Å²) in [6.07, 6.45) is 2.86. The zero-order valence-electron chi connectivity index (χ0n) is 13.0. The highest BCUT2D eigenvalue weighted by molar-refractivity contribution is 5.77. The molecule has 1 rings (SSSR count). The fourth-order valence-electron chi connectivity index (χ4n) is 1.82. The highest BCUT2D eigenvalue weighted by Gasteiger charge is 2.13. The molecule has 0 saturated heterocycles. The molecule has 0 fully saturated rings. The summed E-state index contributed by atoms with van der Waals surface area (Å²) in [7, 11) is 3.57. The van der Waals surface area contributed by atoms with Gasteiger partial charge in [-0.3, -0.25) is 9.69 Å². The molecule has 1 aromatic heterocycles. The predicted molar refractivity (Wildman–Crippen MR) is 82.7 cm³/mol. The van der Waals surface area contributed by atoms with E-state index in [2.05, 4.69) is 35.1 Å². The lowest BCUT2D eigenvalue weighted by Gasteiger charge is -2.23. The molecule has 0 aliphatic carbocycles. The zero-order chi connectivity index (χ0) is 15.0. The van der Waals surface area contributed by atoms with Gasteiger partial charge >= 0.3 is 0 Å². The number of carbonyl (C=O) groups is 1. The van der Waals surface area contributed by atoms with Gasteiger partial charge in [0.1, 0.15) is 5.82 Å². The van der Waals surface area contributed by atoms with Crippen LogP contribution in [0.15, 0.2) is 18.3 Å². The lowest BCUT2D eigenvalue weighted by Crippen LogP contribution is -2.36. The number of rotatable bonds is 8. The molecular formula is C15H26N4O. The average molecular weight is 278 g/mol. The molecule has 1 amide bonds. The third-order valence-corrected chi connectivity index (χ3v) is 3.13. The molecule has 0 saturated carbocycles. The zero-order valence-corrected chi connectivity index (χ0v) is 13.0. The Balaban J connectivity index is 2.71. The van der Waals surface area contributed by atoms with Gasteiger partial charge in [0.05, 0.1) is 6.54 Å². The number of aromatic nitrogens is 1. The minimum Gasteiger partial charge on any atom is -0.370 e. The number of amides is 1. The molecule has 1 heterocycles. The van der Waals surface area contributed by atoms with E-state index in [4.69, 9.17) is 0 Å². The van der Waals surface area contributed by atoms with Gasteiger partial charge in [-0.2, -0.15) is 0 Å². The van der Waals surface area contributed by atoms with Crippen molar-refractivity contribution in [2.75, 3.05) is 39.0 Å². The normalized spacial score (nSPS) is 10.7. The Kier molecular flexibility index (Phi) is 7.01. The Morgan fingerprint density at radius 2 is 2.10 bits per heavy atom.